The molecule has 3 aliphatic rings. The number of carbonyl (C=O) groups is 2. The molecule has 3 rings (SSSR count). The Kier molecular flexibility index (Phi) is 13.9. The van der Waals surface area contributed by atoms with Crippen molar-refractivity contribution in [2.75, 3.05) is 34.7 Å². The molecule has 13 heteroatoms. The molecule has 0 spiro atoms. The van der Waals surface area contributed by atoms with Gasteiger partial charge in [0.2, 0.25) is 5.91 Å². The van der Waals surface area contributed by atoms with Gasteiger partial charge in [-0.15, -0.1) is 0 Å². The van der Waals surface area contributed by atoms with Crippen molar-refractivity contribution in [2.45, 2.75) is 135 Å². The van der Waals surface area contributed by atoms with E-state index in [4.69, 9.17) is 33.2 Å². The first-order chi connectivity index (χ1) is 22.0. The van der Waals surface area contributed by atoms with E-state index in [1.165, 1.54) is 4.90 Å². The first-order valence-corrected chi connectivity index (χ1v) is 16.9. The van der Waals surface area contributed by atoms with Crippen LogP contribution in [-0.4, -0.2) is 127 Å². The Bertz CT molecular complexity index is 1060. The minimum absolute atomic E-state index is 0.000817. The summed E-state index contributed by atoms with van der Waals surface area (Å²) in [5.41, 5.74) is -1.32. The van der Waals surface area contributed by atoms with E-state index in [0.29, 0.717) is 25.0 Å². The van der Waals surface area contributed by atoms with Crippen molar-refractivity contribution in [3.05, 3.63) is 12.3 Å². The van der Waals surface area contributed by atoms with Crippen molar-refractivity contribution < 1.29 is 53.0 Å². The van der Waals surface area contributed by atoms with Gasteiger partial charge in [-0.05, 0) is 67.0 Å². The zero-order valence-electron chi connectivity index (χ0n) is 30.2. The summed E-state index contributed by atoms with van der Waals surface area (Å²) in [6, 6.07) is -0.609. The van der Waals surface area contributed by atoms with Gasteiger partial charge in [0.15, 0.2) is 18.0 Å². The predicted molar refractivity (Wildman–Crippen MR) is 173 cm³/mol. The van der Waals surface area contributed by atoms with Crippen molar-refractivity contribution in [2.24, 2.45) is 23.7 Å². The minimum Gasteiger partial charge on any atom is -0.491 e. The van der Waals surface area contributed by atoms with Gasteiger partial charge in [0.1, 0.15) is 25.7 Å². The summed E-state index contributed by atoms with van der Waals surface area (Å²) in [5.74, 6) is -1.79. The molecule has 47 heavy (non-hydrogen) atoms. The van der Waals surface area contributed by atoms with E-state index < -0.39 is 73.2 Å². The zero-order chi connectivity index (χ0) is 35.4. The van der Waals surface area contributed by atoms with Crippen LogP contribution in [0.1, 0.15) is 74.7 Å². The maximum atomic E-state index is 14.0. The quantitative estimate of drug-likeness (QED) is 0.288. The zero-order valence-corrected chi connectivity index (χ0v) is 30.2. The molecule has 0 aliphatic carbocycles. The van der Waals surface area contributed by atoms with Crippen molar-refractivity contribution >= 4 is 12.1 Å². The molecule has 0 radical (unpaired) electrons. The number of nitrogens with zero attached hydrogens (tertiary/aromatic N) is 2. The third-order valence-electron chi connectivity index (χ3n) is 10.5. The normalized spacial score (nSPS) is 42.6. The lowest BCUT2D eigenvalue weighted by Crippen LogP contribution is -2.56. The molecule has 3 fully saturated rings. The van der Waals surface area contributed by atoms with Crippen molar-refractivity contribution in [3.8, 4) is 0 Å². The van der Waals surface area contributed by atoms with Crippen LogP contribution in [0, 0.1) is 23.7 Å². The highest BCUT2D eigenvalue weighted by Gasteiger charge is 2.58. The van der Waals surface area contributed by atoms with E-state index in [9.17, 15) is 19.8 Å². The third kappa shape index (κ3) is 8.60. The molecular weight excluding hydrogens is 612 g/mol. The number of rotatable bonds is 8. The van der Waals surface area contributed by atoms with Gasteiger partial charge in [-0.3, -0.25) is 4.79 Å². The van der Waals surface area contributed by atoms with Gasteiger partial charge in [-0.25, -0.2) is 4.79 Å². The van der Waals surface area contributed by atoms with Crippen LogP contribution in [0.25, 0.3) is 0 Å². The smallest absolute Gasteiger partial charge is 0.491 e. The predicted octanol–water partition coefficient (Wildman–Crippen LogP) is 3.50. The lowest BCUT2D eigenvalue weighted by molar-refractivity contribution is -0.285. The summed E-state index contributed by atoms with van der Waals surface area (Å²) < 4.78 is 42.5. The van der Waals surface area contributed by atoms with Crippen LogP contribution in [0.4, 0.5) is 4.79 Å². The highest BCUT2D eigenvalue weighted by atomic mass is 16.8. The van der Waals surface area contributed by atoms with E-state index >= 15 is 0 Å². The molecule has 2 N–H and O–H groups in total. The second-order valence-electron chi connectivity index (χ2n) is 14.2. The fourth-order valence-corrected chi connectivity index (χ4v) is 7.70. The van der Waals surface area contributed by atoms with Gasteiger partial charge in [0.25, 0.3) is 0 Å². The minimum atomic E-state index is -1.32. The summed E-state index contributed by atoms with van der Waals surface area (Å²) in [7, 11) is 5.39. The summed E-state index contributed by atoms with van der Waals surface area (Å²) in [6.07, 6.45) is -4.12. The van der Waals surface area contributed by atoms with Gasteiger partial charge in [-0.1, -0.05) is 34.3 Å². The van der Waals surface area contributed by atoms with Crippen LogP contribution < -0.4 is 0 Å². The number of hydrogen-bond acceptors (Lipinski definition) is 12. The summed E-state index contributed by atoms with van der Waals surface area (Å²) in [6.45, 7) is 18.8. The number of hydrogen-bond donors (Lipinski definition) is 2. The molecular formula is C34H60N2O11. The molecule has 14 atom stereocenters. The molecule has 0 saturated carbocycles. The lowest BCUT2D eigenvalue weighted by atomic mass is 9.81. The second-order valence-corrected chi connectivity index (χ2v) is 14.2. The maximum Gasteiger partial charge on any atom is 0.509 e. The number of carbonyl (C=O) groups excluding carboxylic acids is 2. The highest BCUT2D eigenvalue weighted by Crippen LogP contribution is 2.41. The van der Waals surface area contributed by atoms with Gasteiger partial charge in [0.05, 0.1) is 30.0 Å². The monoisotopic (exact) mass is 672 g/mol. The fraction of sp³-hybridized carbons (Fsp3) is 0.882. The third-order valence-corrected chi connectivity index (χ3v) is 10.5. The Balaban J connectivity index is 2.11. The van der Waals surface area contributed by atoms with Gasteiger partial charge in [0, 0.05) is 31.0 Å². The van der Waals surface area contributed by atoms with E-state index in [-0.39, 0.29) is 36.7 Å². The van der Waals surface area contributed by atoms with Crippen molar-refractivity contribution in [1.29, 1.82) is 0 Å². The second kappa shape index (κ2) is 16.6. The molecule has 13 nitrogen and oxygen atoms in total. The Labute approximate surface area is 280 Å². The van der Waals surface area contributed by atoms with E-state index in [2.05, 4.69) is 6.58 Å². The molecule has 0 unspecified atom stereocenters. The molecule has 3 heterocycles. The molecule has 0 bridgehead atoms. The summed E-state index contributed by atoms with van der Waals surface area (Å²) in [5, 5.41) is 21.9. The largest absolute Gasteiger partial charge is 0.509 e. The summed E-state index contributed by atoms with van der Waals surface area (Å²) in [4.78, 5) is 29.9. The lowest BCUT2D eigenvalue weighted by Gasteiger charge is -2.45. The van der Waals surface area contributed by atoms with Gasteiger partial charge in [-0.2, -0.15) is 0 Å². The van der Waals surface area contributed by atoms with Gasteiger partial charge >= 0.3 is 6.16 Å². The van der Waals surface area contributed by atoms with Crippen molar-refractivity contribution in [3.63, 3.8) is 0 Å². The Morgan fingerprint density at radius 3 is 2.28 bits per heavy atom. The number of aliphatic hydroxyl groups excluding tert-OH is 2. The number of methoxy groups -OCH3 is 1. The van der Waals surface area contributed by atoms with E-state index in [1.54, 1.807) is 21.0 Å². The first-order valence-electron chi connectivity index (χ1n) is 16.9. The number of ether oxygens (including phenoxy) is 7. The topological polar surface area (TPSA) is 146 Å². The Hall–Kier alpha value is -2.00. The molecule has 1 amide bonds. The number of fused-ring (bicyclic) bond motifs is 1. The summed E-state index contributed by atoms with van der Waals surface area (Å²) >= 11 is 0. The van der Waals surface area contributed by atoms with Crippen LogP contribution in [-0.2, 0) is 38.0 Å². The fourth-order valence-electron chi connectivity index (χ4n) is 7.70. The average molecular weight is 673 g/mol. The SMILES string of the molecule is C=C1O[C@H](CC)[C@@]2(C)OC(=O)O[C@@H]2[C@@H](C)C(=O)N(CO)[C@H](C)C[C@H](C)[C@H](O[C@@H]2O[C@H](C)C[C@H](N(C)C)[C@H]2O)[C@@H](C)[C@H](OCOC)[C@H]1C. The molecule has 272 valence electrons. The van der Waals surface area contributed by atoms with E-state index in [0.717, 1.165) is 0 Å². The standard InChI is InChI=1S/C34H60N2O11/c1-13-26-34(9)30(46-33(40)47-34)23(7)31(39)36(16-37)19(3)14-18(2)28(22(6)29(42-17-41-12)21(5)24(8)44-26)45-32-27(38)25(35(10)11)15-20(4)43-32/h18-23,25-30,32,37-38H,8,13-17H2,1-7,9-12H3/t18-,19+,20+,21-,22+,23+,25-,26+,27+,28-,29+,30+,32-,34+/m0/s1. The number of aliphatic hydroxyl groups is 2. The van der Waals surface area contributed by atoms with Crippen LogP contribution in [0.5, 0.6) is 0 Å². The molecule has 0 aromatic rings. The van der Waals surface area contributed by atoms with Crippen LogP contribution >= 0.6 is 0 Å². The van der Waals surface area contributed by atoms with Crippen molar-refractivity contribution in [1.82, 2.24) is 9.80 Å². The van der Waals surface area contributed by atoms with Gasteiger partial charge < -0.3 is 53.2 Å². The number of likely N-dealkylation sites (N-methyl/N-ethyl adjacent to an activating group) is 1. The Morgan fingerprint density at radius 1 is 1.04 bits per heavy atom. The maximum absolute atomic E-state index is 14.0. The molecule has 3 aliphatic heterocycles. The molecule has 3 saturated heterocycles. The number of amides is 1. The molecule has 0 aromatic carbocycles. The molecule has 0 aromatic heterocycles. The Morgan fingerprint density at radius 2 is 1.70 bits per heavy atom. The first kappa shape index (κ1) is 39.4. The van der Waals surface area contributed by atoms with Crippen LogP contribution in [0.2, 0.25) is 0 Å². The average Bonchev–Trinajstić information content (AvgIpc) is 3.32. The van der Waals surface area contributed by atoms with E-state index in [1.807, 2.05) is 60.5 Å². The van der Waals surface area contributed by atoms with Crippen LogP contribution in [0.3, 0.4) is 0 Å². The highest BCUT2D eigenvalue weighted by molar-refractivity contribution is 5.80. The van der Waals surface area contributed by atoms with Crippen LogP contribution in [0.15, 0.2) is 12.3 Å².